The number of hydrogen-bond donors (Lipinski definition) is 1. The van der Waals surface area contributed by atoms with Crippen molar-refractivity contribution in [2.24, 2.45) is 0 Å². The first-order valence-electron chi connectivity index (χ1n) is 31.5. The number of unbranched alkanes of at least 4 members (excludes halogenated alkanes) is 42. The molecule has 3 atom stereocenters. The van der Waals surface area contributed by atoms with Gasteiger partial charge >= 0.3 is 5.97 Å². The Hall–Kier alpha value is -1.25. The molecule has 1 amide bonds. The van der Waals surface area contributed by atoms with Crippen LogP contribution in [0, 0.1) is 0 Å². The van der Waals surface area contributed by atoms with Crippen LogP contribution in [0.2, 0.25) is 0 Å². The molecule has 0 fully saturated rings. The van der Waals surface area contributed by atoms with E-state index in [-0.39, 0.29) is 31.5 Å². The monoisotopic (exact) mass is 1040 g/mol. The van der Waals surface area contributed by atoms with E-state index in [2.05, 4.69) is 26.1 Å². The molecule has 0 saturated heterocycles. The van der Waals surface area contributed by atoms with Gasteiger partial charge in [-0.05, 0) is 31.8 Å². The first-order valence-corrected chi connectivity index (χ1v) is 33.0. The number of carbonyl (C=O) groups is 2. The van der Waals surface area contributed by atoms with Crippen molar-refractivity contribution >= 4 is 19.7 Å². The maximum Gasteiger partial charge on any atom is 0.306 e. The average Bonchev–Trinajstić information content (AvgIpc) is 3.34. The maximum absolute atomic E-state index is 13.5. The minimum atomic E-state index is -4.69. The lowest BCUT2D eigenvalue weighted by Crippen LogP contribution is -2.47. The number of carbonyl (C=O) groups excluding carboxylic acids is 2. The van der Waals surface area contributed by atoms with E-state index in [1.54, 1.807) is 0 Å². The first-order chi connectivity index (χ1) is 34.9. The minimum absolute atomic E-state index is 0.0168. The predicted octanol–water partition coefficient (Wildman–Crippen LogP) is 18.5. The van der Waals surface area contributed by atoms with Crippen LogP contribution in [0.1, 0.15) is 323 Å². The Kier molecular flexibility index (Phi) is 52.2. The number of likely N-dealkylation sites (N-methyl/N-ethyl adjacent to an activating group) is 1. The quantitative estimate of drug-likeness (QED) is 0.0212. The molecule has 0 rings (SSSR count). The standard InChI is InChI=1S/C62H123N2O7P/c1-7-10-13-16-19-22-25-27-29-30-31-32-33-34-35-36-39-42-45-48-51-54-61(65)63-59(58-70-72(67,68)69-57-56-64(4,5)6)60(53-50-47-44-41-38-24-21-18-15-12-9-3)71-62(66)55-52-49-46-43-40-37-28-26-23-20-17-14-11-8-2/h50,53,59-60H,7-49,51-52,54-58H2,1-6H3,(H-,63,65,67,68)/b53-50+. The van der Waals surface area contributed by atoms with Crippen LogP contribution in [0.5, 0.6) is 0 Å². The molecule has 0 aliphatic heterocycles. The number of phosphoric acid groups is 1. The number of ether oxygens (including phenoxy) is 1. The third kappa shape index (κ3) is 53.6. The summed E-state index contributed by atoms with van der Waals surface area (Å²) in [5, 5.41) is 3.04. The van der Waals surface area contributed by atoms with Gasteiger partial charge in [0.2, 0.25) is 5.91 Å². The zero-order chi connectivity index (χ0) is 52.9. The average molecular weight is 1040 g/mol. The van der Waals surface area contributed by atoms with E-state index in [4.69, 9.17) is 13.8 Å². The summed E-state index contributed by atoms with van der Waals surface area (Å²) in [4.78, 5) is 39.9. The second kappa shape index (κ2) is 53.2. The van der Waals surface area contributed by atoms with E-state index in [1.165, 1.54) is 231 Å². The largest absolute Gasteiger partial charge is 0.756 e. The minimum Gasteiger partial charge on any atom is -0.756 e. The van der Waals surface area contributed by atoms with Gasteiger partial charge in [0.15, 0.2) is 0 Å². The number of quaternary nitrogens is 1. The molecule has 9 nitrogen and oxygen atoms in total. The Bertz CT molecular complexity index is 1240. The van der Waals surface area contributed by atoms with Gasteiger partial charge in [0.05, 0.1) is 33.8 Å². The lowest BCUT2D eigenvalue weighted by Gasteiger charge is -2.30. The summed E-state index contributed by atoms with van der Waals surface area (Å²) in [6.07, 6.45) is 60.4. The van der Waals surface area contributed by atoms with Crippen LogP contribution >= 0.6 is 7.82 Å². The predicted molar refractivity (Wildman–Crippen MR) is 307 cm³/mol. The van der Waals surface area contributed by atoms with Crippen molar-refractivity contribution in [3.8, 4) is 0 Å². The number of nitrogens with zero attached hydrogens (tertiary/aromatic N) is 1. The molecule has 428 valence electrons. The van der Waals surface area contributed by atoms with Gasteiger partial charge in [-0.1, -0.05) is 290 Å². The summed E-state index contributed by atoms with van der Waals surface area (Å²) < 4.78 is 30.3. The van der Waals surface area contributed by atoms with E-state index >= 15 is 0 Å². The second-order valence-electron chi connectivity index (χ2n) is 22.9. The van der Waals surface area contributed by atoms with Crippen molar-refractivity contribution in [2.75, 3.05) is 40.9 Å². The number of rotatable bonds is 58. The van der Waals surface area contributed by atoms with E-state index in [1.807, 2.05) is 33.3 Å². The molecule has 1 N–H and O–H groups in total. The van der Waals surface area contributed by atoms with Gasteiger partial charge in [0.25, 0.3) is 7.82 Å². The molecule has 0 bridgehead atoms. The topological polar surface area (TPSA) is 114 Å². The molecule has 0 aliphatic carbocycles. The molecule has 0 radical (unpaired) electrons. The number of nitrogens with one attached hydrogen (secondary N) is 1. The van der Waals surface area contributed by atoms with Crippen molar-refractivity contribution in [1.29, 1.82) is 0 Å². The van der Waals surface area contributed by atoms with Gasteiger partial charge in [-0.2, -0.15) is 0 Å². The highest BCUT2D eigenvalue weighted by atomic mass is 31.2. The summed E-state index contributed by atoms with van der Waals surface area (Å²) in [5.41, 5.74) is 0. The van der Waals surface area contributed by atoms with Crippen LogP contribution in [-0.2, 0) is 27.9 Å². The van der Waals surface area contributed by atoms with Gasteiger partial charge in [0, 0.05) is 12.8 Å². The first kappa shape index (κ1) is 70.8. The van der Waals surface area contributed by atoms with Crippen molar-refractivity contribution in [3.05, 3.63) is 12.2 Å². The summed E-state index contributed by atoms with van der Waals surface area (Å²) in [7, 11) is 1.21. The van der Waals surface area contributed by atoms with Gasteiger partial charge in [-0.25, -0.2) is 0 Å². The fraction of sp³-hybridized carbons (Fsp3) is 0.935. The molecule has 0 spiro atoms. The fourth-order valence-electron chi connectivity index (χ4n) is 9.58. The van der Waals surface area contributed by atoms with E-state index in [0.717, 1.165) is 57.8 Å². The summed E-state index contributed by atoms with van der Waals surface area (Å²) in [6, 6.07) is -0.878. The van der Waals surface area contributed by atoms with Crippen LogP contribution in [0.15, 0.2) is 12.2 Å². The Morgan fingerprint density at radius 1 is 0.472 bits per heavy atom. The number of allylic oxidation sites excluding steroid dienone is 1. The molecule has 0 aromatic carbocycles. The van der Waals surface area contributed by atoms with Gasteiger partial charge in [0.1, 0.15) is 19.3 Å². The van der Waals surface area contributed by atoms with Crippen LogP contribution in [0.4, 0.5) is 0 Å². The molecule has 10 heteroatoms. The van der Waals surface area contributed by atoms with Crippen molar-refractivity contribution in [2.45, 2.75) is 335 Å². The summed E-state index contributed by atoms with van der Waals surface area (Å²) in [6.45, 7) is 6.89. The highest BCUT2D eigenvalue weighted by Gasteiger charge is 2.27. The van der Waals surface area contributed by atoms with Crippen molar-refractivity contribution < 1.29 is 37.3 Å². The molecular weight excluding hydrogens is 916 g/mol. The highest BCUT2D eigenvalue weighted by molar-refractivity contribution is 7.45. The SMILES string of the molecule is CCCCCCCCCCC/C=C/C(OC(=O)CCCCCCCCCCCCCCCC)C(COP(=O)([O-])OCC[N+](C)(C)C)NC(=O)CCCCCCCCCCCCCCCCCCCCCCC. The van der Waals surface area contributed by atoms with Crippen LogP contribution in [0.3, 0.4) is 0 Å². The zero-order valence-corrected chi connectivity index (χ0v) is 49.8. The number of amides is 1. The third-order valence-corrected chi connectivity index (χ3v) is 15.4. The molecule has 0 heterocycles. The fourth-order valence-corrected chi connectivity index (χ4v) is 10.3. The molecule has 72 heavy (non-hydrogen) atoms. The molecule has 0 aromatic rings. The molecule has 3 unspecified atom stereocenters. The Morgan fingerprint density at radius 3 is 1.14 bits per heavy atom. The Balaban J connectivity index is 5.11. The Morgan fingerprint density at radius 2 is 0.792 bits per heavy atom. The maximum atomic E-state index is 13.5. The van der Waals surface area contributed by atoms with Crippen molar-refractivity contribution in [3.63, 3.8) is 0 Å². The summed E-state index contributed by atoms with van der Waals surface area (Å²) in [5.74, 6) is -0.520. The van der Waals surface area contributed by atoms with Crippen LogP contribution in [-0.4, -0.2) is 69.4 Å². The highest BCUT2D eigenvalue weighted by Crippen LogP contribution is 2.38. The Labute approximate surface area is 448 Å². The van der Waals surface area contributed by atoms with Crippen LogP contribution < -0.4 is 10.2 Å². The van der Waals surface area contributed by atoms with E-state index < -0.39 is 20.0 Å². The van der Waals surface area contributed by atoms with E-state index in [9.17, 15) is 19.0 Å². The second-order valence-corrected chi connectivity index (χ2v) is 24.3. The molecule has 0 saturated carbocycles. The smallest absolute Gasteiger partial charge is 0.306 e. The lowest BCUT2D eigenvalue weighted by atomic mass is 10.0. The molecular formula is C62H123N2O7P. The van der Waals surface area contributed by atoms with Gasteiger partial charge in [-0.3, -0.25) is 14.2 Å². The molecule has 0 aliphatic rings. The zero-order valence-electron chi connectivity index (χ0n) is 48.9. The third-order valence-electron chi connectivity index (χ3n) is 14.5. The summed E-state index contributed by atoms with van der Waals surface area (Å²) >= 11 is 0. The number of esters is 1. The van der Waals surface area contributed by atoms with Gasteiger partial charge < -0.3 is 28.5 Å². The van der Waals surface area contributed by atoms with Crippen molar-refractivity contribution in [1.82, 2.24) is 5.32 Å². The normalized spacial score (nSPS) is 13.7. The molecule has 0 aromatic heterocycles. The number of phosphoric ester groups is 1. The van der Waals surface area contributed by atoms with Gasteiger partial charge in [-0.15, -0.1) is 0 Å². The van der Waals surface area contributed by atoms with Crippen LogP contribution in [0.25, 0.3) is 0 Å². The number of hydrogen-bond acceptors (Lipinski definition) is 7. The van der Waals surface area contributed by atoms with E-state index in [0.29, 0.717) is 17.4 Å². The lowest BCUT2D eigenvalue weighted by molar-refractivity contribution is -0.870.